The molecule has 6 nitrogen and oxygen atoms in total. The molecule has 3 aromatic carbocycles. The zero-order chi connectivity index (χ0) is 22.0. The number of fused-ring (bicyclic) bond motifs is 1. The van der Waals surface area contributed by atoms with E-state index in [1.807, 2.05) is 54.6 Å². The molecule has 0 aliphatic heterocycles. The Hall–Kier alpha value is -3.77. The first-order valence-electron chi connectivity index (χ1n) is 9.50. The lowest BCUT2D eigenvalue weighted by atomic mass is 9.92. The van der Waals surface area contributed by atoms with Gasteiger partial charge < -0.3 is 20.3 Å². The number of anilines is 1. The summed E-state index contributed by atoms with van der Waals surface area (Å²) in [7, 11) is 0. The lowest BCUT2D eigenvalue weighted by Gasteiger charge is -2.19. The fourth-order valence-electron chi connectivity index (χ4n) is 3.36. The lowest BCUT2D eigenvalue weighted by Crippen LogP contribution is -2.14. The van der Waals surface area contributed by atoms with Crippen LogP contribution in [0, 0.1) is 0 Å². The maximum absolute atomic E-state index is 12.2. The second kappa shape index (κ2) is 8.53. The van der Waals surface area contributed by atoms with Crippen LogP contribution in [0.15, 0.2) is 66.7 Å². The van der Waals surface area contributed by atoms with Gasteiger partial charge in [-0.05, 0) is 23.8 Å². The van der Waals surface area contributed by atoms with Crippen molar-refractivity contribution in [3.63, 3.8) is 0 Å². The fraction of sp³-hybridized carbons (Fsp3) is 0.0833. The number of allylic oxidation sites excluding steroid dienone is 2. The highest BCUT2D eigenvalue weighted by atomic mass is 35.5. The summed E-state index contributed by atoms with van der Waals surface area (Å²) < 4.78 is 5.92. The van der Waals surface area contributed by atoms with Crippen molar-refractivity contribution in [3.8, 4) is 17.2 Å². The number of rotatable bonds is 6. The number of nitrogens with one attached hydrogen (secondary N) is 1. The van der Waals surface area contributed by atoms with Crippen LogP contribution in [0.25, 0.3) is 0 Å². The number of ether oxygens (including phenoxy) is 1. The van der Waals surface area contributed by atoms with Crippen LogP contribution in [0.1, 0.15) is 31.8 Å². The molecular formula is C24H18ClNO5. The Kier molecular flexibility index (Phi) is 5.64. The highest BCUT2D eigenvalue weighted by molar-refractivity contribution is 6.37. The van der Waals surface area contributed by atoms with Crippen molar-refractivity contribution in [2.75, 3.05) is 5.32 Å². The maximum atomic E-state index is 12.2. The summed E-state index contributed by atoms with van der Waals surface area (Å²) in [4.78, 5) is 24.3. The van der Waals surface area contributed by atoms with Crippen molar-refractivity contribution in [1.82, 2.24) is 0 Å². The minimum atomic E-state index is -0.601. The van der Waals surface area contributed by atoms with Gasteiger partial charge in [-0.25, -0.2) is 0 Å². The van der Waals surface area contributed by atoms with Gasteiger partial charge in [-0.15, -0.1) is 0 Å². The van der Waals surface area contributed by atoms with Crippen LogP contribution in [0.3, 0.4) is 0 Å². The van der Waals surface area contributed by atoms with Crippen molar-refractivity contribution in [3.05, 3.63) is 94.0 Å². The van der Waals surface area contributed by atoms with Gasteiger partial charge in [0.1, 0.15) is 28.8 Å². The monoisotopic (exact) mass is 435 g/mol. The molecule has 0 bridgehead atoms. The Morgan fingerprint density at radius 1 is 0.839 bits per heavy atom. The third-order valence-corrected chi connectivity index (χ3v) is 5.30. The largest absolute Gasteiger partial charge is 0.505 e. The van der Waals surface area contributed by atoms with Crippen LogP contribution in [0.2, 0.25) is 5.02 Å². The molecule has 3 aromatic rings. The van der Waals surface area contributed by atoms with Gasteiger partial charge in [-0.1, -0.05) is 60.1 Å². The molecule has 0 saturated carbocycles. The van der Waals surface area contributed by atoms with Gasteiger partial charge in [-0.2, -0.15) is 0 Å². The molecule has 0 radical (unpaired) electrons. The molecule has 0 atom stereocenters. The molecule has 156 valence electrons. The number of phenols is 2. The van der Waals surface area contributed by atoms with E-state index in [4.69, 9.17) is 16.3 Å². The van der Waals surface area contributed by atoms with Gasteiger partial charge in [0.05, 0.1) is 11.1 Å². The lowest BCUT2D eigenvalue weighted by molar-refractivity contribution is 0.0989. The summed E-state index contributed by atoms with van der Waals surface area (Å²) in [5.74, 6) is -1.59. The van der Waals surface area contributed by atoms with E-state index in [2.05, 4.69) is 5.32 Å². The number of aromatic hydroxyl groups is 2. The molecule has 1 aliphatic carbocycles. The zero-order valence-corrected chi connectivity index (χ0v) is 17.0. The summed E-state index contributed by atoms with van der Waals surface area (Å²) >= 11 is 6.20. The Labute approximate surface area is 183 Å². The summed E-state index contributed by atoms with van der Waals surface area (Å²) in [5.41, 5.74) is 1.18. The number of carbonyl (C=O) groups is 2. The number of hydrogen-bond acceptors (Lipinski definition) is 6. The maximum Gasteiger partial charge on any atom is 0.190 e. The van der Waals surface area contributed by atoms with Crippen molar-refractivity contribution >= 4 is 28.9 Å². The van der Waals surface area contributed by atoms with Crippen LogP contribution in [-0.2, 0) is 13.2 Å². The van der Waals surface area contributed by atoms with E-state index >= 15 is 0 Å². The quantitative estimate of drug-likeness (QED) is 0.377. The van der Waals surface area contributed by atoms with Crippen LogP contribution in [0.4, 0.5) is 5.69 Å². The van der Waals surface area contributed by atoms with Crippen LogP contribution in [-0.4, -0.2) is 21.8 Å². The first-order valence-corrected chi connectivity index (χ1v) is 9.87. The van der Waals surface area contributed by atoms with Gasteiger partial charge >= 0.3 is 0 Å². The average Bonchev–Trinajstić information content (AvgIpc) is 2.79. The predicted octanol–water partition coefficient (Wildman–Crippen LogP) is 4.88. The topological polar surface area (TPSA) is 95.9 Å². The van der Waals surface area contributed by atoms with Gasteiger partial charge in [0.2, 0.25) is 0 Å². The van der Waals surface area contributed by atoms with E-state index in [0.29, 0.717) is 12.4 Å². The third-order valence-electron chi connectivity index (χ3n) is 4.93. The number of hydrogen-bond donors (Lipinski definition) is 3. The minimum Gasteiger partial charge on any atom is -0.505 e. The van der Waals surface area contributed by atoms with Crippen molar-refractivity contribution in [2.45, 2.75) is 13.2 Å². The van der Waals surface area contributed by atoms with Gasteiger partial charge in [-0.3, -0.25) is 9.59 Å². The molecule has 0 spiro atoms. The van der Waals surface area contributed by atoms with E-state index in [9.17, 15) is 19.8 Å². The van der Waals surface area contributed by atoms with E-state index in [0.717, 1.165) is 23.3 Å². The minimum absolute atomic E-state index is 0.0350. The van der Waals surface area contributed by atoms with Crippen LogP contribution in [0.5, 0.6) is 17.2 Å². The van der Waals surface area contributed by atoms with E-state index in [1.54, 1.807) is 0 Å². The highest BCUT2D eigenvalue weighted by Gasteiger charge is 2.31. The van der Waals surface area contributed by atoms with Crippen molar-refractivity contribution in [2.24, 2.45) is 0 Å². The summed E-state index contributed by atoms with van der Waals surface area (Å²) in [6.45, 7) is 0.570. The molecule has 0 aromatic heterocycles. The van der Waals surface area contributed by atoms with Crippen molar-refractivity contribution in [1.29, 1.82) is 0 Å². The number of phenolic OH excluding ortho intramolecular Hbond substituents is 2. The second-order valence-electron chi connectivity index (χ2n) is 6.93. The van der Waals surface area contributed by atoms with Gasteiger partial charge in [0.25, 0.3) is 0 Å². The van der Waals surface area contributed by atoms with Gasteiger partial charge in [0.15, 0.2) is 17.3 Å². The Bertz CT molecular complexity index is 1200. The Balaban J connectivity index is 1.60. The molecule has 1 aliphatic rings. The smallest absolute Gasteiger partial charge is 0.190 e. The van der Waals surface area contributed by atoms with Crippen LogP contribution >= 0.6 is 11.6 Å². The zero-order valence-electron chi connectivity index (χ0n) is 16.3. The first-order chi connectivity index (χ1) is 15.0. The molecule has 0 fully saturated rings. The highest BCUT2D eigenvalue weighted by Crippen LogP contribution is 2.46. The number of benzene rings is 3. The standard InChI is InChI=1S/C24H18ClNO5/c25-21-22(24(30)20-17(28)11-10-16(27)19(20)23(21)29)26-12-15-8-4-5-9-18(15)31-13-14-6-2-1-3-7-14/h1-11,26,29-30H,12-13H2. The SMILES string of the molecule is O=C1C=CC(=O)c2c(O)c(NCc3ccccc3OCc3ccccc3)c(Cl)c(O)c21. The van der Waals surface area contributed by atoms with E-state index in [1.165, 1.54) is 0 Å². The third kappa shape index (κ3) is 3.98. The molecule has 0 saturated heterocycles. The second-order valence-corrected chi connectivity index (χ2v) is 7.31. The normalized spacial score (nSPS) is 12.5. The molecule has 0 heterocycles. The van der Waals surface area contributed by atoms with E-state index in [-0.39, 0.29) is 28.4 Å². The van der Waals surface area contributed by atoms with Crippen molar-refractivity contribution < 1.29 is 24.5 Å². The predicted molar refractivity (Wildman–Crippen MR) is 117 cm³/mol. The molecular weight excluding hydrogens is 418 g/mol. The van der Waals surface area contributed by atoms with E-state index < -0.39 is 23.1 Å². The molecule has 7 heteroatoms. The summed E-state index contributed by atoms with van der Waals surface area (Å²) in [5, 5.41) is 23.7. The number of halogens is 1. The van der Waals surface area contributed by atoms with Gasteiger partial charge in [0, 0.05) is 12.1 Å². The Morgan fingerprint density at radius 3 is 2.16 bits per heavy atom. The summed E-state index contributed by atoms with van der Waals surface area (Å²) in [6.07, 6.45) is 2.09. The molecule has 0 amide bonds. The van der Waals surface area contributed by atoms with Crippen LogP contribution < -0.4 is 10.1 Å². The molecule has 4 rings (SSSR count). The molecule has 3 N–H and O–H groups in total. The Morgan fingerprint density at radius 2 is 1.45 bits per heavy atom. The summed E-state index contributed by atoms with van der Waals surface area (Å²) in [6, 6.07) is 17.1. The number of carbonyl (C=O) groups excluding carboxylic acids is 2. The first kappa shape index (κ1) is 20.5. The number of ketones is 2. The fourth-order valence-corrected chi connectivity index (χ4v) is 3.61. The average molecular weight is 436 g/mol. The molecule has 0 unspecified atom stereocenters. The molecule has 31 heavy (non-hydrogen) atoms. The number of para-hydroxylation sites is 1.